The Morgan fingerprint density at radius 2 is 1.83 bits per heavy atom. The largest absolute Gasteiger partial charge is 0.356 e. The average molecular weight is 409 g/mol. The van der Waals surface area contributed by atoms with E-state index in [-0.39, 0.29) is 11.8 Å². The van der Waals surface area contributed by atoms with E-state index >= 15 is 0 Å². The summed E-state index contributed by atoms with van der Waals surface area (Å²) in [6.45, 7) is 2.19. The van der Waals surface area contributed by atoms with E-state index in [4.69, 9.17) is 0 Å². The number of anilines is 3. The first-order valence-electron chi connectivity index (χ1n) is 10.5. The summed E-state index contributed by atoms with van der Waals surface area (Å²) in [4.78, 5) is 37.1. The molecule has 7 nitrogen and oxygen atoms in total. The number of amides is 2. The Morgan fingerprint density at radius 1 is 1.03 bits per heavy atom. The molecule has 2 amide bonds. The van der Waals surface area contributed by atoms with Gasteiger partial charge in [-0.3, -0.25) is 14.5 Å². The Morgan fingerprint density at radius 3 is 2.53 bits per heavy atom. The van der Waals surface area contributed by atoms with Crippen LogP contribution in [0.4, 0.5) is 21.8 Å². The molecule has 0 atom stereocenters. The van der Waals surface area contributed by atoms with Crippen LogP contribution in [0.15, 0.2) is 30.3 Å². The van der Waals surface area contributed by atoms with Crippen LogP contribution < -0.4 is 15.1 Å². The zero-order chi connectivity index (χ0) is 20.7. The molecule has 2 aromatic heterocycles. The van der Waals surface area contributed by atoms with Gasteiger partial charge < -0.3 is 10.2 Å². The molecule has 4 heterocycles. The van der Waals surface area contributed by atoms with Crippen LogP contribution in [0.2, 0.25) is 0 Å². The van der Waals surface area contributed by atoms with Gasteiger partial charge in [0.05, 0.1) is 5.56 Å². The molecular formula is C22H24FN5O2. The quantitative estimate of drug-likeness (QED) is 0.784. The number of hydrogen-bond acceptors (Lipinski definition) is 5. The van der Waals surface area contributed by atoms with Gasteiger partial charge in [-0.1, -0.05) is 6.07 Å². The highest BCUT2D eigenvalue weighted by atomic mass is 19.1. The fourth-order valence-corrected chi connectivity index (χ4v) is 4.43. The molecule has 1 N–H and O–H groups in total. The third-order valence-electron chi connectivity index (χ3n) is 6.49. The Kier molecular flexibility index (Phi) is 4.64. The van der Waals surface area contributed by atoms with Gasteiger partial charge in [0.15, 0.2) is 0 Å². The fourth-order valence-electron chi connectivity index (χ4n) is 4.43. The van der Waals surface area contributed by atoms with Crippen LogP contribution in [-0.2, 0) is 4.79 Å². The molecule has 2 aromatic rings. The predicted molar refractivity (Wildman–Crippen MR) is 111 cm³/mol. The molecule has 0 bridgehead atoms. The lowest BCUT2D eigenvalue weighted by Gasteiger charge is -2.33. The Balaban J connectivity index is 1.36. The van der Waals surface area contributed by atoms with Gasteiger partial charge in [-0.05, 0) is 61.8 Å². The number of aromatic nitrogens is 2. The van der Waals surface area contributed by atoms with Gasteiger partial charge in [0.1, 0.15) is 17.5 Å². The van der Waals surface area contributed by atoms with Crippen molar-refractivity contribution in [2.45, 2.75) is 38.5 Å². The number of carbonyl (C=O) groups excluding carboxylic acids is 2. The molecule has 0 unspecified atom stereocenters. The van der Waals surface area contributed by atoms with Gasteiger partial charge >= 0.3 is 0 Å². The van der Waals surface area contributed by atoms with Crippen LogP contribution in [0.25, 0.3) is 0 Å². The summed E-state index contributed by atoms with van der Waals surface area (Å²) in [5.74, 6) is 0.313. The smallest absolute Gasteiger partial charge is 0.260 e. The molecule has 1 aliphatic carbocycles. The summed E-state index contributed by atoms with van der Waals surface area (Å²) >= 11 is 0. The highest BCUT2D eigenvalue weighted by Gasteiger charge is 2.44. The summed E-state index contributed by atoms with van der Waals surface area (Å²) in [7, 11) is 0. The minimum absolute atomic E-state index is 0.0366. The molecule has 5 rings (SSSR count). The van der Waals surface area contributed by atoms with E-state index in [1.165, 1.54) is 25.0 Å². The molecule has 1 spiro atoms. The van der Waals surface area contributed by atoms with Crippen molar-refractivity contribution in [3.05, 3.63) is 41.8 Å². The van der Waals surface area contributed by atoms with E-state index in [1.54, 1.807) is 23.1 Å². The van der Waals surface area contributed by atoms with Gasteiger partial charge in [-0.25, -0.2) is 9.97 Å². The van der Waals surface area contributed by atoms with Gasteiger partial charge in [-0.2, -0.15) is 4.39 Å². The van der Waals surface area contributed by atoms with Crippen molar-refractivity contribution < 1.29 is 14.0 Å². The molecule has 8 heteroatoms. The van der Waals surface area contributed by atoms with Crippen molar-refractivity contribution in [2.75, 3.05) is 34.8 Å². The normalized spacial score (nSPS) is 20.0. The molecule has 30 heavy (non-hydrogen) atoms. The third-order valence-corrected chi connectivity index (χ3v) is 6.49. The molecule has 156 valence electrons. The molecular weight excluding hydrogens is 385 g/mol. The second-order valence-electron chi connectivity index (χ2n) is 8.48. The van der Waals surface area contributed by atoms with Gasteiger partial charge in [0.2, 0.25) is 11.9 Å². The maximum Gasteiger partial charge on any atom is 0.260 e. The third kappa shape index (κ3) is 3.62. The van der Waals surface area contributed by atoms with E-state index in [0.29, 0.717) is 41.4 Å². The lowest BCUT2D eigenvalue weighted by Crippen LogP contribution is -2.36. The molecule has 1 saturated carbocycles. The van der Waals surface area contributed by atoms with Crippen LogP contribution in [0.5, 0.6) is 0 Å². The lowest BCUT2D eigenvalue weighted by atomic mass is 9.93. The summed E-state index contributed by atoms with van der Waals surface area (Å²) in [6, 6.07) is 7.87. The van der Waals surface area contributed by atoms with Crippen LogP contribution in [0, 0.1) is 11.4 Å². The predicted octanol–water partition coefficient (Wildman–Crippen LogP) is 3.38. The maximum atomic E-state index is 13.9. The first-order valence-corrected chi connectivity index (χ1v) is 10.5. The number of piperidine rings is 1. The fraction of sp³-hybridized carbons (Fsp3) is 0.455. The van der Waals surface area contributed by atoms with Gasteiger partial charge in [-0.15, -0.1) is 0 Å². The maximum absolute atomic E-state index is 13.9. The highest BCUT2D eigenvalue weighted by molar-refractivity contribution is 6.07. The zero-order valence-corrected chi connectivity index (χ0v) is 16.7. The highest BCUT2D eigenvalue weighted by Crippen LogP contribution is 2.53. The Labute approximate surface area is 174 Å². The van der Waals surface area contributed by atoms with Crippen LogP contribution >= 0.6 is 0 Å². The van der Waals surface area contributed by atoms with E-state index in [9.17, 15) is 14.0 Å². The number of carbonyl (C=O) groups is 2. The van der Waals surface area contributed by atoms with Crippen molar-refractivity contribution in [1.29, 1.82) is 0 Å². The number of rotatable bonds is 4. The van der Waals surface area contributed by atoms with Crippen molar-refractivity contribution in [2.24, 2.45) is 5.41 Å². The van der Waals surface area contributed by atoms with Crippen molar-refractivity contribution >= 4 is 29.3 Å². The first-order chi connectivity index (χ1) is 14.5. The molecule has 3 aliphatic rings. The van der Waals surface area contributed by atoms with E-state index in [2.05, 4.69) is 15.3 Å². The molecule has 2 aliphatic heterocycles. The van der Waals surface area contributed by atoms with E-state index in [0.717, 1.165) is 32.4 Å². The minimum atomic E-state index is -0.596. The Bertz CT molecular complexity index is 997. The molecule has 0 aromatic carbocycles. The van der Waals surface area contributed by atoms with E-state index < -0.39 is 5.95 Å². The number of pyridine rings is 2. The SMILES string of the molecule is O=C(Nc1cccc(N2CCCC2=O)n1)c1ccc(F)nc1N1CCC2(CC1)CC2. The molecule has 2 saturated heterocycles. The topological polar surface area (TPSA) is 78.4 Å². The molecule has 0 radical (unpaired) electrons. The molecule has 3 fully saturated rings. The monoisotopic (exact) mass is 409 g/mol. The lowest BCUT2D eigenvalue weighted by molar-refractivity contribution is -0.117. The minimum Gasteiger partial charge on any atom is -0.356 e. The average Bonchev–Trinajstić information content (AvgIpc) is 3.35. The van der Waals surface area contributed by atoms with Crippen molar-refractivity contribution in [1.82, 2.24) is 9.97 Å². The number of nitrogens with zero attached hydrogens (tertiary/aromatic N) is 4. The van der Waals surface area contributed by atoms with Gasteiger partial charge in [0, 0.05) is 26.1 Å². The number of hydrogen-bond donors (Lipinski definition) is 1. The number of nitrogens with one attached hydrogen (secondary N) is 1. The second-order valence-corrected chi connectivity index (χ2v) is 8.48. The summed E-state index contributed by atoms with van der Waals surface area (Å²) in [6.07, 6.45) is 5.97. The zero-order valence-electron chi connectivity index (χ0n) is 16.7. The first kappa shape index (κ1) is 19.0. The summed E-state index contributed by atoms with van der Waals surface area (Å²) < 4.78 is 13.9. The number of halogens is 1. The second kappa shape index (κ2) is 7.34. The van der Waals surface area contributed by atoms with Crippen LogP contribution in [0.3, 0.4) is 0 Å². The van der Waals surface area contributed by atoms with Crippen LogP contribution in [0.1, 0.15) is 48.9 Å². The van der Waals surface area contributed by atoms with Crippen LogP contribution in [-0.4, -0.2) is 41.4 Å². The van der Waals surface area contributed by atoms with Gasteiger partial charge in [0.25, 0.3) is 5.91 Å². The van der Waals surface area contributed by atoms with Crippen molar-refractivity contribution in [3.63, 3.8) is 0 Å². The van der Waals surface area contributed by atoms with Crippen molar-refractivity contribution in [3.8, 4) is 0 Å². The summed E-state index contributed by atoms with van der Waals surface area (Å²) in [5.41, 5.74) is 0.802. The van der Waals surface area contributed by atoms with E-state index in [1.807, 2.05) is 4.90 Å². The Hall–Kier alpha value is -3.03. The summed E-state index contributed by atoms with van der Waals surface area (Å²) in [5, 5.41) is 2.79. The standard InChI is InChI=1S/C22H24FN5O2/c23-16-7-6-15(20(24-16)27-13-10-22(8-9-22)11-14-27)21(30)26-17-3-1-4-18(25-17)28-12-2-5-19(28)29/h1,3-4,6-7H,2,5,8-14H2,(H,25,26,30).